The third kappa shape index (κ3) is 5.98. The molecule has 12 aromatic rings. The average Bonchev–Trinajstić information content (AvgIpc) is 3.87. The number of hydrogen-bond donors (Lipinski definition) is 0. The molecule has 0 atom stereocenters. The van der Waals surface area contributed by atoms with Crippen molar-refractivity contribution in [3.63, 3.8) is 0 Å². The molecule has 0 bridgehead atoms. The van der Waals surface area contributed by atoms with Crippen LogP contribution in [0.25, 0.3) is 111 Å². The molecule has 0 aliphatic heterocycles. The highest BCUT2D eigenvalue weighted by Gasteiger charge is 2.22. The molecule has 12 rings (SSSR count). The molecule has 9 aromatic carbocycles. The van der Waals surface area contributed by atoms with Crippen LogP contribution in [0.1, 0.15) is 0 Å². The molecule has 5 nitrogen and oxygen atoms in total. The SMILES string of the molecule is c1ccc(-c2cccc(-c3nc(-c4ccccc4-n4c5ccccc5c5ccccc54)nc(-n4c5ccc(-c6ccccc6)cc5c5ccc(-c6ccccc6)cc54)n3)c2)cc1. The summed E-state index contributed by atoms with van der Waals surface area (Å²) in [6.45, 7) is 0. The van der Waals surface area contributed by atoms with Crippen LogP contribution in [-0.4, -0.2) is 24.1 Å². The number of rotatable bonds is 7. The number of aromatic nitrogens is 5. The molecule has 3 aromatic heterocycles. The van der Waals surface area contributed by atoms with Crippen LogP contribution >= 0.6 is 0 Å². The van der Waals surface area contributed by atoms with Crippen molar-refractivity contribution in [2.24, 2.45) is 0 Å². The Morgan fingerprint density at radius 3 is 1.42 bits per heavy atom. The molecule has 290 valence electrons. The Morgan fingerprint density at radius 2 is 0.742 bits per heavy atom. The van der Waals surface area contributed by atoms with Gasteiger partial charge in [0.2, 0.25) is 5.95 Å². The third-order valence-corrected chi connectivity index (χ3v) is 12.0. The van der Waals surface area contributed by atoms with Crippen molar-refractivity contribution >= 4 is 43.6 Å². The molecule has 0 amide bonds. The van der Waals surface area contributed by atoms with Gasteiger partial charge in [-0.2, -0.15) is 9.97 Å². The Balaban J connectivity index is 1.15. The van der Waals surface area contributed by atoms with Gasteiger partial charge < -0.3 is 4.57 Å². The first-order chi connectivity index (χ1) is 30.7. The van der Waals surface area contributed by atoms with Crippen LogP contribution in [0.4, 0.5) is 0 Å². The minimum Gasteiger partial charge on any atom is -0.309 e. The third-order valence-electron chi connectivity index (χ3n) is 12.0. The topological polar surface area (TPSA) is 48.5 Å². The molecule has 0 saturated carbocycles. The molecule has 0 aliphatic rings. The summed E-state index contributed by atoms with van der Waals surface area (Å²) < 4.78 is 4.57. The van der Waals surface area contributed by atoms with Gasteiger partial charge in [0.15, 0.2) is 11.6 Å². The predicted molar refractivity (Wildman–Crippen MR) is 256 cm³/mol. The Hall–Kier alpha value is -8.41. The van der Waals surface area contributed by atoms with E-state index in [1.54, 1.807) is 0 Å². The minimum atomic E-state index is 0.546. The summed E-state index contributed by atoms with van der Waals surface area (Å²) in [6, 6.07) is 79.2. The lowest BCUT2D eigenvalue weighted by Crippen LogP contribution is -2.08. The second-order valence-corrected chi connectivity index (χ2v) is 15.6. The number of hydrogen-bond acceptors (Lipinski definition) is 3. The molecule has 0 N–H and O–H groups in total. The van der Waals surface area contributed by atoms with Crippen LogP contribution in [0.2, 0.25) is 0 Å². The molecule has 0 aliphatic carbocycles. The van der Waals surface area contributed by atoms with Gasteiger partial charge >= 0.3 is 0 Å². The fourth-order valence-corrected chi connectivity index (χ4v) is 9.08. The molecule has 62 heavy (non-hydrogen) atoms. The van der Waals surface area contributed by atoms with Gasteiger partial charge in [-0.05, 0) is 81.9 Å². The van der Waals surface area contributed by atoms with Crippen LogP contribution in [0, 0.1) is 0 Å². The van der Waals surface area contributed by atoms with Crippen molar-refractivity contribution in [1.29, 1.82) is 0 Å². The van der Waals surface area contributed by atoms with Crippen LogP contribution in [-0.2, 0) is 0 Å². The lowest BCUT2D eigenvalue weighted by Gasteiger charge is -2.15. The maximum Gasteiger partial charge on any atom is 0.238 e. The van der Waals surface area contributed by atoms with E-state index in [4.69, 9.17) is 15.0 Å². The Bertz CT molecular complexity index is 3570. The lowest BCUT2D eigenvalue weighted by atomic mass is 10.0. The molecule has 5 heteroatoms. The van der Waals surface area contributed by atoms with Crippen molar-refractivity contribution in [3.8, 4) is 67.8 Å². The van der Waals surface area contributed by atoms with Gasteiger partial charge in [-0.15, -0.1) is 0 Å². The van der Waals surface area contributed by atoms with E-state index in [9.17, 15) is 0 Å². The standard InChI is InChI=1S/C57H37N5/c1-4-17-38(18-5-1)41-23-16-24-44(35-41)55-58-56(48-27-12-15-30-52(48)61-50-28-13-10-25-45(50)46-26-11-14-29-51(46)61)60-57(59-55)62-53-34-32-42(39-19-6-2-7-20-39)36-49(53)47-33-31-43(37-54(47)62)40-21-8-3-9-22-40/h1-37H. The molecule has 3 heterocycles. The van der Waals surface area contributed by atoms with E-state index >= 15 is 0 Å². The Labute approximate surface area is 358 Å². The quantitative estimate of drug-likeness (QED) is 0.162. The van der Waals surface area contributed by atoms with Crippen molar-refractivity contribution in [3.05, 3.63) is 224 Å². The Kier molecular flexibility index (Phi) is 8.42. The van der Waals surface area contributed by atoms with Gasteiger partial charge in [0.05, 0.1) is 27.8 Å². The largest absolute Gasteiger partial charge is 0.309 e. The Morgan fingerprint density at radius 1 is 0.258 bits per heavy atom. The van der Waals surface area contributed by atoms with Crippen LogP contribution in [0.15, 0.2) is 224 Å². The second-order valence-electron chi connectivity index (χ2n) is 15.6. The molecular weight excluding hydrogens is 755 g/mol. The van der Waals surface area contributed by atoms with E-state index < -0.39 is 0 Å². The van der Waals surface area contributed by atoms with E-state index in [0.717, 1.165) is 77.5 Å². The monoisotopic (exact) mass is 791 g/mol. The summed E-state index contributed by atoms with van der Waals surface area (Å²) in [5.74, 6) is 1.72. The summed E-state index contributed by atoms with van der Waals surface area (Å²) in [4.78, 5) is 16.3. The lowest BCUT2D eigenvalue weighted by molar-refractivity contribution is 0.952. The van der Waals surface area contributed by atoms with E-state index in [2.05, 4.69) is 228 Å². The summed E-state index contributed by atoms with van der Waals surface area (Å²) in [5, 5.41) is 4.64. The highest BCUT2D eigenvalue weighted by molar-refractivity contribution is 6.12. The summed E-state index contributed by atoms with van der Waals surface area (Å²) in [7, 11) is 0. The number of benzene rings is 9. The van der Waals surface area contributed by atoms with Gasteiger partial charge in [-0.3, -0.25) is 4.57 Å². The molecule has 0 radical (unpaired) electrons. The smallest absolute Gasteiger partial charge is 0.238 e. The zero-order valence-electron chi connectivity index (χ0n) is 33.6. The molecular formula is C57H37N5. The van der Waals surface area contributed by atoms with E-state index in [1.165, 1.54) is 16.3 Å². The van der Waals surface area contributed by atoms with Gasteiger partial charge in [-0.1, -0.05) is 176 Å². The normalized spacial score (nSPS) is 11.5. The fraction of sp³-hybridized carbons (Fsp3) is 0. The first-order valence-corrected chi connectivity index (χ1v) is 20.9. The number of fused-ring (bicyclic) bond motifs is 6. The second kappa shape index (κ2) is 14.7. The summed E-state index contributed by atoms with van der Waals surface area (Å²) in [5.41, 5.74) is 13.9. The summed E-state index contributed by atoms with van der Waals surface area (Å²) in [6.07, 6.45) is 0. The zero-order valence-corrected chi connectivity index (χ0v) is 33.6. The molecule has 0 unspecified atom stereocenters. The van der Waals surface area contributed by atoms with Crippen molar-refractivity contribution < 1.29 is 0 Å². The average molecular weight is 792 g/mol. The molecule has 0 fully saturated rings. The number of nitrogens with zero attached hydrogens (tertiary/aromatic N) is 5. The maximum absolute atomic E-state index is 5.49. The molecule has 0 saturated heterocycles. The van der Waals surface area contributed by atoms with Crippen LogP contribution in [0.3, 0.4) is 0 Å². The number of para-hydroxylation sites is 3. The molecule has 0 spiro atoms. The highest BCUT2D eigenvalue weighted by atomic mass is 15.2. The minimum absolute atomic E-state index is 0.546. The van der Waals surface area contributed by atoms with Gasteiger partial charge in [0.1, 0.15) is 0 Å². The van der Waals surface area contributed by atoms with E-state index in [0.29, 0.717) is 17.6 Å². The van der Waals surface area contributed by atoms with Crippen molar-refractivity contribution in [2.75, 3.05) is 0 Å². The van der Waals surface area contributed by atoms with E-state index in [-0.39, 0.29) is 0 Å². The van der Waals surface area contributed by atoms with Crippen molar-refractivity contribution in [1.82, 2.24) is 24.1 Å². The first-order valence-electron chi connectivity index (χ1n) is 20.9. The fourth-order valence-electron chi connectivity index (χ4n) is 9.08. The van der Waals surface area contributed by atoms with Crippen molar-refractivity contribution in [2.45, 2.75) is 0 Å². The van der Waals surface area contributed by atoms with Gasteiger partial charge in [0.25, 0.3) is 0 Å². The highest BCUT2D eigenvalue weighted by Crippen LogP contribution is 2.39. The summed E-state index contributed by atoms with van der Waals surface area (Å²) >= 11 is 0. The van der Waals surface area contributed by atoms with Gasteiger partial charge in [0, 0.05) is 32.7 Å². The maximum atomic E-state index is 5.49. The van der Waals surface area contributed by atoms with Crippen LogP contribution in [0.5, 0.6) is 0 Å². The zero-order chi connectivity index (χ0) is 41.0. The predicted octanol–water partition coefficient (Wildman–Crippen LogP) is 14.4. The van der Waals surface area contributed by atoms with E-state index in [1.807, 2.05) is 6.07 Å². The first kappa shape index (κ1) is 35.5. The van der Waals surface area contributed by atoms with Crippen LogP contribution < -0.4 is 0 Å². The van der Waals surface area contributed by atoms with Gasteiger partial charge in [-0.25, -0.2) is 4.98 Å².